The summed E-state index contributed by atoms with van der Waals surface area (Å²) in [6.07, 6.45) is 1.83. The molecular formula is C13H18O4Si. The Balaban J connectivity index is 0.000000327. The molecule has 0 aromatic heterocycles. The van der Waals surface area contributed by atoms with Crippen molar-refractivity contribution in [2.45, 2.75) is 20.4 Å². The standard InChI is InChI=1S/C8H8.C5H10O4Si/c1-2-8-6-4-3-5-7-8;1-4(6)8-10(3)9-5(2)7/h2-7H,1H2;10H,1-3H3. The van der Waals surface area contributed by atoms with Gasteiger partial charge in [0.1, 0.15) is 0 Å². The number of benzene rings is 1. The summed E-state index contributed by atoms with van der Waals surface area (Å²) in [4.78, 5) is 20.5. The van der Waals surface area contributed by atoms with Crippen LogP contribution in [0.25, 0.3) is 6.08 Å². The summed E-state index contributed by atoms with van der Waals surface area (Å²) < 4.78 is 9.24. The summed E-state index contributed by atoms with van der Waals surface area (Å²) in [5.74, 6) is -0.805. The zero-order chi connectivity index (χ0) is 14.0. The van der Waals surface area contributed by atoms with Crippen LogP contribution >= 0.6 is 0 Å². The van der Waals surface area contributed by atoms with E-state index in [1.807, 2.05) is 36.4 Å². The molecule has 0 aliphatic rings. The Bertz CT molecular complexity index is 373. The summed E-state index contributed by atoms with van der Waals surface area (Å²) >= 11 is 0. The summed E-state index contributed by atoms with van der Waals surface area (Å²) in [6.45, 7) is 7.81. The van der Waals surface area contributed by atoms with Gasteiger partial charge < -0.3 is 8.85 Å². The van der Waals surface area contributed by atoms with Crippen LogP contribution in [0.15, 0.2) is 36.9 Å². The van der Waals surface area contributed by atoms with Gasteiger partial charge in [0, 0.05) is 13.8 Å². The van der Waals surface area contributed by atoms with Crippen molar-refractivity contribution in [1.82, 2.24) is 0 Å². The van der Waals surface area contributed by atoms with Crippen molar-refractivity contribution in [3.05, 3.63) is 42.5 Å². The van der Waals surface area contributed by atoms with Gasteiger partial charge in [-0.3, -0.25) is 9.59 Å². The third-order valence-corrected chi connectivity index (χ3v) is 3.03. The van der Waals surface area contributed by atoms with Crippen LogP contribution in [-0.2, 0) is 18.4 Å². The first-order chi connectivity index (χ1) is 8.45. The minimum Gasteiger partial charge on any atom is -0.487 e. The highest BCUT2D eigenvalue weighted by atomic mass is 28.3. The highest BCUT2D eigenvalue weighted by Crippen LogP contribution is 1.97. The van der Waals surface area contributed by atoms with Crippen LogP contribution in [-0.4, -0.2) is 21.2 Å². The van der Waals surface area contributed by atoms with Crippen LogP contribution in [0.1, 0.15) is 19.4 Å². The topological polar surface area (TPSA) is 52.6 Å². The third-order valence-electron chi connectivity index (χ3n) is 1.70. The Morgan fingerprint density at radius 2 is 1.56 bits per heavy atom. The molecule has 18 heavy (non-hydrogen) atoms. The van der Waals surface area contributed by atoms with Gasteiger partial charge >= 0.3 is 9.28 Å². The van der Waals surface area contributed by atoms with E-state index in [0.29, 0.717) is 0 Å². The van der Waals surface area contributed by atoms with E-state index in [1.165, 1.54) is 19.4 Å². The van der Waals surface area contributed by atoms with E-state index >= 15 is 0 Å². The molecule has 4 nitrogen and oxygen atoms in total. The molecule has 0 aliphatic heterocycles. The van der Waals surface area contributed by atoms with Crippen LogP contribution in [0, 0.1) is 0 Å². The molecule has 0 atom stereocenters. The van der Waals surface area contributed by atoms with Crippen molar-refractivity contribution in [2.75, 3.05) is 0 Å². The van der Waals surface area contributed by atoms with Gasteiger partial charge in [0.25, 0.3) is 11.9 Å². The Morgan fingerprint density at radius 1 is 1.11 bits per heavy atom. The van der Waals surface area contributed by atoms with E-state index < -0.39 is 21.2 Å². The Morgan fingerprint density at radius 3 is 1.83 bits per heavy atom. The fraction of sp³-hybridized carbons (Fsp3) is 0.231. The zero-order valence-electron chi connectivity index (χ0n) is 10.9. The quantitative estimate of drug-likeness (QED) is 0.788. The van der Waals surface area contributed by atoms with Crippen LogP contribution in [0.3, 0.4) is 0 Å². The molecule has 0 spiro atoms. The Hall–Kier alpha value is -1.88. The van der Waals surface area contributed by atoms with E-state index in [-0.39, 0.29) is 0 Å². The molecule has 0 heterocycles. The van der Waals surface area contributed by atoms with Crippen LogP contribution in [0.5, 0.6) is 0 Å². The first-order valence-electron chi connectivity index (χ1n) is 5.47. The van der Waals surface area contributed by atoms with Crippen molar-refractivity contribution in [1.29, 1.82) is 0 Å². The smallest absolute Gasteiger partial charge is 0.444 e. The molecule has 5 heteroatoms. The number of carbonyl (C=O) groups excluding carboxylic acids is 2. The van der Waals surface area contributed by atoms with Gasteiger partial charge in [-0.05, 0) is 12.1 Å². The van der Waals surface area contributed by atoms with Gasteiger partial charge in [0.15, 0.2) is 0 Å². The monoisotopic (exact) mass is 266 g/mol. The fourth-order valence-corrected chi connectivity index (χ4v) is 2.06. The van der Waals surface area contributed by atoms with Crippen LogP contribution < -0.4 is 0 Å². The first kappa shape index (κ1) is 16.1. The molecule has 98 valence electrons. The predicted molar refractivity (Wildman–Crippen MR) is 73.1 cm³/mol. The summed E-state index contributed by atoms with van der Waals surface area (Å²) in [5, 5.41) is 0. The number of hydrogen-bond donors (Lipinski definition) is 0. The Kier molecular flexibility index (Phi) is 8.22. The normalized spacial score (nSPS) is 8.89. The van der Waals surface area contributed by atoms with Gasteiger partial charge in [0.2, 0.25) is 0 Å². The second-order valence-electron chi connectivity index (χ2n) is 3.40. The maximum absolute atomic E-state index is 10.3. The SMILES string of the molecule is C=Cc1ccccc1.CC(=O)O[SiH](C)OC(C)=O. The second kappa shape index (κ2) is 9.18. The second-order valence-corrected chi connectivity index (χ2v) is 5.01. The minimum atomic E-state index is -2.02. The molecule has 0 aliphatic carbocycles. The van der Waals surface area contributed by atoms with Gasteiger partial charge in [-0.25, -0.2) is 0 Å². The minimum absolute atomic E-state index is 0.402. The lowest BCUT2D eigenvalue weighted by Crippen LogP contribution is -2.23. The molecule has 0 N–H and O–H groups in total. The van der Waals surface area contributed by atoms with E-state index in [9.17, 15) is 9.59 Å². The zero-order valence-corrected chi connectivity index (χ0v) is 12.0. The lowest BCUT2D eigenvalue weighted by molar-refractivity contribution is -0.137. The molecule has 0 saturated heterocycles. The van der Waals surface area contributed by atoms with Crippen molar-refractivity contribution < 1.29 is 18.4 Å². The maximum Gasteiger partial charge on any atom is 0.444 e. The molecule has 0 fully saturated rings. The highest BCUT2D eigenvalue weighted by molar-refractivity contribution is 6.47. The molecule has 1 aromatic rings. The summed E-state index contributed by atoms with van der Waals surface area (Å²) in [7, 11) is -2.02. The largest absolute Gasteiger partial charge is 0.487 e. The first-order valence-corrected chi connectivity index (χ1v) is 7.57. The number of rotatable bonds is 3. The van der Waals surface area contributed by atoms with Crippen LogP contribution in [0.2, 0.25) is 6.55 Å². The van der Waals surface area contributed by atoms with Crippen molar-refractivity contribution in [2.24, 2.45) is 0 Å². The van der Waals surface area contributed by atoms with Crippen LogP contribution in [0.4, 0.5) is 0 Å². The summed E-state index contributed by atoms with van der Waals surface area (Å²) in [5.41, 5.74) is 1.17. The van der Waals surface area contributed by atoms with Crippen molar-refractivity contribution in [3.8, 4) is 0 Å². The van der Waals surface area contributed by atoms with Gasteiger partial charge in [-0.15, -0.1) is 0 Å². The van der Waals surface area contributed by atoms with E-state index in [1.54, 1.807) is 6.55 Å². The highest BCUT2D eigenvalue weighted by Gasteiger charge is 2.11. The Labute approximate surface area is 109 Å². The van der Waals surface area contributed by atoms with E-state index in [0.717, 1.165) is 0 Å². The average Bonchev–Trinajstić information content (AvgIpc) is 2.28. The number of hydrogen-bond acceptors (Lipinski definition) is 4. The van der Waals surface area contributed by atoms with E-state index in [2.05, 4.69) is 15.4 Å². The lowest BCUT2D eigenvalue weighted by Gasteiger charge is -2.08. The molecule has 1 rings (SSSR count). The summed E-state index contributed by atoms with van der Waals surface area (Å²) in [6, 6.07) is 10.0. The van der Waals surface area contributed by atoms with Gasteiger partial charge in [-0.2, -0.15) is 0 Å². The molecular weight excluding hydrogens is 248 g/mol. The maximum atomic E-state index is 10.3. The third kappa shape index (κ3) is 9.35. The van der Waals surface area contributed by atoms with Crippen molar-refractivity contribution in [3.63, 3.8) is 0 Å². The molecule has 0 unspecified atom stereocenters. The molecule has 0 bridgehead atoms. The molecule has 0 amide bonds. The van der Waals surface area contributed by atoms with Crippen molar-refractivity contribution >= 4 is 27.3 Å². The van der Waals surface area contributed by atoms with E-state index in [4.69, 9.17) is 0 Å². The predicted octanol–water partition coefficient (Wildman–Crippen LogP) is 2.29. The van der Waals surface area contributed by atoms with Gasteiger partial charge in [0.05, 0.1) is 0 Å². The molecule has 0 radical (unpaired) electrons. The molecule has 0 saturated carbocycles. The average molecular weight is 266 g/mol. The fourth-order valence-electron chi connectivity index (χ4n) is 1.08. The van der Waals surface area contributed by atoms with Gasteiger partial charge in [-0.1, -0.05) is 43.0 Å². The molecule has 1 aromatic carbocycles. The lowest BCUT2D eigenvalue weighted by atomic mass is 10.2. The number of carbonyl (C=O) groups is 2.